The summed E-state index contributed by atoms with van der Waals surface area (Å²) in [6.07, 6.45) is 4.46. The number of carbonyl (C=O) groups is 3. The number of carbonyl (C=O) groups excluding carboxylic acids is 3. The van der Waals surface area contributed by atoms with Crippen molar-refractivity contribution in [2.45, 2.75) is 71.1 Å². The van der Waals surface area contributed by atoms with Gasteiger partial charge in [0.1, 0.15) is 0 Å². The Morgan fingerprint density at radius 3 is 2.38 bits per heavy atom. The van der Waals surface area contributed by atoms with Crippen LogP contribution < -0.4 is 10.7 Å². The molecule has 0 aromatic carbocycles. The predicted molar refractivity (Wildman–Crippen MR) is 77.2 cm³/mol. The van der Waals surface area contributed by atoms with E-state index in [-0.39, 0.29) is 17.9 Å². The van der Waals surface area contributed by atoms with E-state index in [9.17, 15) is 14.4 Å². The highest BCUT2D eigenvalue weighted by Gasteiger charge is 2.42. The van der Waals surface area contributed by atoms with Crippen molar-refractivity contribution >= 4 is 17.8 Å². The van der Waals surface area contributed by atoms with Crippen molar-refractivity contribution < 1.29 is 14.4 Å². The highest BCUT2D eigenvalue weighted by atomic mass is 16.2. The van der Waals surface area contributed by atoms with Crippen LogP contribution in [0.1, 0.15) is 52.9 Å². The second kappa shape index (κ2) is 6.43. The number of rotatable bonds is 4. The van der Waals surface area contributed by atoms with Gasteiger partial charge in [-0.15, -0.1) is 0 Å². The molecule has 1 aliphatic heterocycles. The summed E-state index contributed by atoms with van der Waals surface area (Å²) in [5.74, 6) is -0.261. The van der Waals surface area contributed by atoms with E-state index < -0.39 is 18.2 Å². The van der Waals surface area contributed by atoms with E-state index >= 15 is 0 Å². The lowest BCUT2D eigenvalue weighted by Gasteiger charge is -2.43. The molecule has 1 saturated heterocycles. The maximum absolute atomic E-state index is 12.5. The Labute approximate surface area is 125 Å². The van der Waals surface area contributed by atoms with Gasteiger partial charge in [-0.2, -0.15) is 0 Å². The summed E-state index contributed by atoms with van der Waals surface area (Å²) in [5, 5.41) is 3.89. The normalized spacial score (nSPS) is 24.5. The smallest absolute Gasteiger partial charge is 0.309 e. The Kier molecular flexibility index (Phi) is 4.82. The largest absolute Gasteiger partial charge is 0.345 e. The van der Waals surface area contributed by atoms with E-state index in [0.29, 0.717) is 0 Å². The molecule has 21 heavy (non-hydrogen) atoms. The number of hydrogen-bond donors (Lipinski definition) is 2. The van der Waals surface area contributed by atoms with Crippen molar-refractivity contribution in [1.29, 1.82) is 0 Å². The molecular formula is C14H24N4O3. The van der Waals surface area contributed by atoms with Gasteiger partial charge in [-0.05, 0) is 33.6 Å². The molecule has 0 aromatic heterocycles. The molecule has 7 heteroatoms. The highest BCUT2D eigenvalue weighted by molar-refractivity contribution is 6.01. The van der Waals surface area contributed by atoms with Crippen LogP contribution in [0.3, 0.4) is 0 Å². The fourth-order valence-electron chi connectivity index (χ4n) is 2.86. The molecule has 0 spiro atoms. The van der Waals surface area contributed by atoms with Gasteiger partial charge in [-0.1, -0.05) is 19.3 Å². The maximum atomic E-state index is 12.5. The third-order valence-corrected chi connectivity index (χ3v) is 3.98. The first kappa shape index (κ1) is 15.8. The van der Waals surface area contributed by atoms with E-state index in [1.165, 1.54) is 18.4 Å². The molecule has 0 radical (unpaired) electrons. The molecule has 2 aliphatic rings. The standard InChI is InChI=1S/C14H24N4O3/c1-9(2)17-13(20)15-12(10(3)19)18(14(17)21)16-11-7-5-4-6-8-11/h9,11-12,16H,4-8H2,1-3H3,(H,15,20). The molecule has 118 valence electrons. The second-order valence-electron chi connectivity index (χ2n) is 6.04. The molecule has 0 aromatic rings. The number of urea groups is 2. The van der Waals surface area contributed by atoms with Gasteiger partial charge in [0.15, 0.2) is 11.9 Å². The number of nitrogens with one attached hydrogen (secondary N) is 2. The molecule has 4 amide bonds. The lowest BCUT2D eigenvalue weighted by atomic mass is 9.96. The monoisotopic (exact) mass is 296 g/mol. The summed E-state index contributed by atoms with van der Waals surface area (Å²) < 4.78 is 0. The zero-order chi connectivity index (χ0) is 15.6. The summed E-state index contributed by atoms with van der Waals surface area (Å²) in [7, 11) is 0. The third kappa shape index (κ3) is 3.34. The molecule has 1 unspecified atom stereocenters. The molecule has 0 bridgehead atoms. The van der Waals surface area contributed by atoms with Gasteiger partial charge in [0.05, 0.1) is 0 Å². The third-order valence-electron chi connectivity index (χ3n) is 3.98. The molecule has 2 fully saturated rings. The lowest BCUT2D eigenvalue weighted by Crippen LogP contribution is -2.72. The average molecular weight is 296 g/mol. The zero-order valence-electron chi connectivity index (χ0n) is 12.9. The lowest BCUT2D eigenvalue weighted by molar-refractivity contribution is -0.124. The minimum absolute atomic E-state index is 0.175. The summed E-state index contributed by atoms with van der Waals surface area (Å²) in [5.41, 5.74) is 3.15. The predicted octanol–water partition coefficient (Wildman–Crippen LogP) is 1.59. The highest BCUT2D eigenvalue weighted by Crippen LogP contribution is 2.20. The van der Waals surface area contributed by atoms with Crippen LogP contribution in [0.15, 0.2) is 0 Å². The molecular weight excluding hydrogens is 272 g/mol. The molecule has 7 nitrogen and oxygen atoms in total. The van der Waals surface area contributed by atoms with E-state index in [1.807, 2.05) is 0 Å². The van der Waals surface area contributed by atoms with Gasteiger partial charge < -0.3 is 5.32 Å². The van der Waals surface area contributed by atoms with Crippen molar-refractivity contribution in [3.05, 3.63) is 0 Å². The van der Waals surface area contributed by atoms with Crippen molar-refractivity contribution in [3.8, 4) is 0 Å². The first-order valence-corrected chi connectivity index (χ1v) is 7.61. The van der Waals surface area contributed by atoms with E-state index in [2.05, 4.69) is 10.7 Å². The van der Waals surface area contributed by atoms with E-state index in [0.717, 1.165) is 30.6 Å². The van der Waals surface area contributed by atoms with E-state index in [1.54, 1.807) is 13.8 Å². The number of hydrazine groups is 1. The average Bonchev–Trinajstić information content (AvgIpc) is 2.42. The van der Waals surface area contributed by atoms with Gasteiger partial charge in [0.2, 0.25) is 0 Å². The molecule has 1 atom stereocenters. The summed E-state index contributed by atoms with van der Waals surface area (Å²) >= 11 is 0. The second-order valence-corrected chi connectivity index (χ2v) is 6.04. The van der Waals surface area contributed by atoms with Crippen molar-refractivity contribution in [2.24, 2.45) is 0 Å². The van der Waals surface area contributed by atoms with Gasteiger partial charge in [-0.3, -0.25) is 4.79 Å². The first-order valence-electron chi connectivity index (χ1n) is 7.61. The van der Waals surface area contributed by atoms with Crippen LogP contribution in [0.2, 0.25) is 0 Å². The van der Waals surface area contributed by atoms with Crippen LogP contribution in [0.4, 0.5) is 9.59 Å². The zero-order valence-corrected chi connectivity index (χ0v) is 12.9. The number of ketones is 1. The van der Waals surface area contributed by atoms with Gasteiger partial charge in [-0.25, -0.2) is 24.9 Å². The Morgan fingerprint density at radius 1 is 1.24 bits per heavy atom. The summed E-state index contributed by atoms with van der Waals surface area (Å²) in [4.78, 5) is 37.4. The maximum Gasteiger partial charge on any atom is 0.345 e. The number of hydrogen-bond acceptors (Lipinski definition) is 4. The van der Waals surface area contributed by atoms with Crippen LogP contribution in [-0.2, 0) is 4.79 Å². The minimum Gasteiger partial charge on any atom is -0.309 e. The SMILES string of the molecule is CC(=O)C1NC(=O)N(C(C)C)C(=O)N1NC1CCCCC1. The van der Waals surface area contributed by atoms with Crippen LogP contribution in [0, 0.1) is 0 Å². The quantitative estimate of drug-likeness (QED) is 0.825. The molecule has 1 aliphatic carbocycles. The summed E-state index contributed by atoms with van der Waals surface area (Å²) in [6.45, 7) is 4.91. The number of Topliss-reactive ketones (excluding diaryl/α,β-unsaturated/α-hetero) is 1. The Bertz CT molecular complexity index is 432. The Morgan fingerprint density at radius 2 is 1.86 bits per heavy atom. The fraction of sp³-hybridized carbons (Fsp3) is 0.786. The molecule has 2 N–H and O–H groups in total. The van der Waals surface area contributed by atoms with Crippen molar-refractivity contribution in [3.63, 3.8) is 0 Å². The van der Waals surface area contributed by atoms with Crippen LogP contribution >= 0.6 is 0 Å². The number of imide groups is 1. The minimum atomic E-state index is -0.929. The van der Waals surface area contributed by atoms with Gasteiger partial charge in [0, 0.05) is 12.1 Å². The molecule has 2 rings (SSSR count). The topological polar surface area (TPSA) is 81.8 Å². The van der Waals surface area contributed by atoms with E-state index in [4.69, 9.17) is 0 Å². The van der Waals surface area contributed by atoms with Crippen LogP contribution in [0.25, 0.3) is 0 Å². The Balaban J connectivity index is 2.17. The molecule has 1 heterocycles. The van der Waals surface area contributed by atoms with Crippen LogP contribution in [-0.4, -0.2) is 46.0 Å². The first-order chi connectivity index (χ1) is 9.91. The fourth-order valence-corrected chi connectivity index (χ4v) is 2.86. The number of nitrogens with zero attached hydrogens (tertiary/aromatic N) is 2. The van der Waals surface area contributed by atoms with Gasteiger partial charge >= 0.3 is 12.1 Å². The number of amides is 4. The van der Waals surface area contributed by atoms with Crippen LogP contribution in [0.5, 0.6) is 0 Å². The van der Waals surface area contributed by atoms with Crippen molar-refractivity contribution in [1.82, 2.24) is 20.7 Å². The molecule has 1 saturated carbocycles. The van der Waals surface area contributed by atoms with Crippen molar-refractivity contribution in [2.75, 3.05) is 0 Å². The Hall–Kier alpha value is -1.63. The van der Waals surface area contributed by atoms with Gasteiger partial charge in [0.25, 0.3) is 0 Å². The summed E-state index contributed by atoms with van der Waals surface area (Å²) in [6, 6.07) is -1.06.